The number of nitrogens with two attached hydrogens (primary N) is 1. The zero-order valence-corrected chi connectivity index (χ0v) is 12.2. The van der Waals surface area contributed by atoms with Gasteiger partial charge in [-0.2, -0.15) is 0 Å². The van der Waals surface area contributed by atoms with E-state index in [0.29, 0.717) is 6.04 Å². The number of anilines is 2. The summed E-state index contributed by atoms with van der Waals surface area (Å²) in [7, 11) is 4.26. The number of pyridine rings is 1. The third kappa shape index (κ3) is 2.31. The molecule has 1 unspecified atom stereocenters. The fourth-order valence-electron chi connectivity index (χ4n) is 3.18. The molecule has 1 fully saturated rings. The first-order valence-electron chi connectivity index (χ1n) is 7.21. The summed E-state index contributed by atoms with van der Waals surface area (Å²) in [4.78, 5) is 9.08. The Morgan fingerprint density at radius 3 is 3.00 bits per heavy atom. The summed E-state index contributed by atoms with van der Waals surface area (Å²) in [5.41, 5.74) is 9.39. The summed E-state index contributed by atoms with van der Waals surface area (Å²) in [6.45, 7) is 2.17. The van der Waals surface area contributed by atoms with E-state index in [1.807, 2.05) is 12.3 Å². The summed E-state index contributed by atoms with van der Waals surface area (Å²) in [5, 5.41) is 1.06. The largest absolute Gasteiger partial charge is 0.396 e. The van der Waals surface area contributed by atoms with E-state index in [2.05, 4.69) is 47.1 Å². The van der Waals surface area contributed by atoms with E-state index in [1.165, 1.54) is 12.8 Å². The maximum absolute atomic E-state index is 6.40. The molecule has 2 aromatic rings. The second-order valence-electron chi connectivity index (χ2n) is 5.82. The van der Waals surface area contributed by atoms with E-state index in [1.54, 1.807) is 0 Å². The monoisotopic (exact) mass is 270 g/mol. The molecule has 0 amide bonds. The highest BCUT2D eigenvalue weighted by atomic mass is 15.2. The number of benzene rings is 1. The summed E-state index contributed by atoms with van der Waals surface area (Å²) in [6.07, 6.45) is 4.29. The quantitative estimate of drug-likeness (QED) is 0.870. The molecule has 1 aromatic carbocycles. The molecule has 1 aliphatic heterocycles. The topological polar surface area (TPSA) is 45.4 Å². The SMILES string of the molecule is CN(C)CC1CCCN1c1ccc2ncccc2c1N. The summed E-state index contributed by atoms with van der Waals surface area (Å²) in [5.74, 6) is 0. The average molecular weight is 270 g/mol. The van der Waals surface area contributed by atoms with Gasteiger partial charge in [-0.25, -0.2) is 0 Å². The Labute approximate surface area is 120 Å². The second-order valence-corrected chi connectivity index (χ2v) is 5.82. The van der Waals surface area contributed by atoms with Crippen LogP contribution in [0.15, 0.2) is 30.5 Å². The normalized spacial score (nSPS) is 19.1. The highest BCUT2D eigenvalue weighted by Gasteiger charge is 2.26. The van der Waals surface area contributed by atoms with Gasteiger partial charge in [0.1, 0.15) is 0 Å². The van der Waals surface area contributed by atoms with E-state index in [4.69, 9.17) is 5.73 Å². The van der Waals surface area contributed by atoms with Gasteiger partial charge >= 0.3 is 0 Å². The second kappa shape index (κ2) is 5.29. The number of rotatable bonds is 3. The van der Waals surface area contributed by atoms with Crippen LogP contribution in [0.5, 0.6) is 0 Å². The minimum absolute atomic E-state index is 0.557. The van der Waals surface area contributed by atoms with Crippen molar-refractivity contribution in [1.29, 1.82) is 0 Å². The molecular formula is C16H22N4. The molecule has 2 heterocycles. The van der Waals surface area contributed by atoms with E-state index in [9.17, 15) is 0 Å². The molecule has 1 saturated heterocycles. The van der Waals surface area contributed by atoms with Crippen molar-refractivity contribution >= 4 is 22.3 Å². The molecule has 106 valence electrons. The Morgan fingerprint density at radius 2 is 2.20 bits per heavy atom. The van der Waals surface area contributed by atoms with Crippen LogP contribution in [0.25, 0.3) is 10.9 Å². The predicted molar refractivity (Wildman–Crippen MR) is 85.1 cm³/mol. The van der Waals surface area contributed by atoms with Crippen LogP contribution in [0.4, 0.5) is 11.4 Å². The number of aromatic nitrogens is 1. The molecule has 4 nitrogen and oxygen atoms in total. The van der Waals surface area contributed by atoms with Crippen molar-refractivity contribution in [1.82, 2.24) is 9.88 Å². The number of hydrogen-bond donors (Lipinski definition) is 1. The summed E-state index contributed by atoms with van der Waals surface area (Å²) in [6, 6.07) is 8.76. The minimum atomic E-state index is 0.557. The first kappa shape index (κ1) is 13.2. The molecule has 0 radical (unpaired) electrons. The molecule has 0 aliphatic carbocycles. The van der Waals surface area contributed by atoms with Crippen molar-refractivity contribution in [3.8, 4) is 0 Å². The lowest BCUT2D eigenvalue weighted by atomic mass is 10.1. The highest BCUT2D eigenvalue weighted by Crippen LogP contribution is 2.34. The lowest BCUT2D eigenvalue weighted by Gasteiger charge is -2.30. The van der Waals surface area contributed by atoms with Gasteiger partial charge in [0.2, 0.25) is 0 Å². The van der Waals surface area contributed by atoms with Crippen LogP contribution in [0.3, 0.4) is 0 Å². The van der Waals surface area contributed by atoms with Gasteiger partial charge in [-0.1, -0.05) is 0 Å². The fourth-order valence-corrected chi connectivity index (χ4v) is 3.18. The fraction of sp³-hybridized carbons (Fsp3) is 0.438. The molecule has 0 saturated carbocycles. The zero-order chi connectivity index (χ0) is 14.1. The van der Waals surface area contributed by atoms with Crippen molar-refractivity contribution in [3.05, 3.63) is 30.5 Å². The standard InChI is InChI=1S/C16H22N4/c1-19(2)11-12-5-4-10-20(12)15-8-7-14-13(16(15)17)6-3-9-18-14/h3,6-9,12H,4-5,10-11,17H2,1-2H3. The predicted octanol–water partition coefficient (Wildman–Crippen LogP) is 2.35. The summed E-state index contributed by atoms with van der Waals surface area (Å²) >= 11 is 0. The van der Waals surface area contributed by atoms with Gasteiger partial charge in [-0.3, -0.25) is 4.98 Å². The molecule has 2 N–H and O–H groups in total. The number of fused-ring (bicyclic) bond motifs is 1. The number of hydrogen-bond acceptors (Lipinski definition) is 4. The minimum Gasteiger partial charge on any atom is -0.396 e. The molecule has 1 aromatic heterocycles. The molecule has 3 rings (SSSR count). The number of nitrogens with zero attached hydrogens (tertiary/aromatic N) is 3. The first-order valence-corrected chi connectivity index (χ1v) is 7.21. The lowest BCUT2D eigenvalue weighted by molar-refractivity contribution is 0.372. The Kier molecular flexibility index (Phi) is 3.49. The zero-order valence-electron chi connectivity index (χ0n) is 12.2. The Morgan fingerprint density at radius 1 is 1.35 bits per heavy atom. The van der Waals surface area contributed by atoms with Crippen LogP contribution in [0.1, 0.15) is 12.8 Å². The molecule has 20 heavy (non-hydrogen) atoms. The van der Waals surface area contributed by atoms with E-state index >= 15 is 0 Å². The van der Waals surface area contributed by atoms with Crippen molar-refractivity contribution in [3.63, 3.8) is 0 Å². The van der Waals surface area contributed by atoms with Crippen LogP contribution >= 0.6 is 0 Å². The Balaban J connectivity index is 1.99. The summed E-state index contributed by atoms with van der Waals surface area (Å²) < 4.78 is 0. The molecule has 0 bridgehead atoms. The van der Waals surface area contributed by atoms with Crippen molar-refractivity contribution in [2.75, 3.05) is 37.8 Å². The Bertz CT molecular complexity index is 608. The smallest absolute Gasteiger partial charge is 0.0724 e. The first-order chi connectivity index (χ1) is 9.66. The Hall–Kier alpha value is -1.81. The van der Waals surface area contributed by atoms with Gasteiger partial charge in [0.25, 0.3) is 0 Å². The number of nitrogen functional groups attached to an aromatic ring is 1. The van der Waals surface area contributed by atoms with Gasteiger partial charge in [-0.15, -0.1) is 0 Å². The van der Waals surface area contributed by atoms with Crippen molar-refractivity contribution in [2.24, 2.45) is 0 Å². The molecule has 1 aliphatic rings. The highest BCUT2D eigenvalue weighted by molar-refractivity contribution is 5.97. The molecule has 4 heteroatoms. The average Bonchev–Trinajstić information content (AvgIpc) is 2.87. The lowest BCUT2D eigenvalue weighted by Crippen LogP contribution is -2.37. The van der Waals surface area contributed by atoms with Gasteiger partial charge in [-0.05, 0) is 51.2 Å². The van der Waals surface area contributed by atoms with Crippen molar-refractivity contribution < 1.29 is 0 Å². The van der Waals surface area contributed by atoms with Crippen LogP contribution < -0.4 is 10.6 Å². The van der Waals surface area contributed by atoms with Gasteiger partial charge in [0.05, 0.1) is 16.9 Å². The van der Waals surface area contributed by atoms with Crippen LogP contribution in [-0.4, -0.2) is 43.1 Å². The van der Waals surface area contributed by atoms with Gasteiger partial charge in [0.15, 0.2) is 0 Å². The van der Waals surface area contributed by atoms with Gasteiger partial charge in [0, 0.05) is 30.7 Å². The van der Waals surface area contributed by atoms with E-state index in [-0.39, 0.29) is 0 Å². The molecular weight excluding hydrogens is 248 g/mol. The van der Waals surface area contributed by atoms with Crippen molar-refractivity contribution in [2.45, 2.75) is 18.9 Å². The molecule has 0 spiro atoms. The maximum Gasteiger partial charge on any atom is 0.0724 e. The third-order valence-corrected chi connectivity index (χ3v) is 4.07. The van der Waals surface area contributed by atoms with Crippen LogP contribution in [0, 0.1) is 0 Å². The van der Waals surface area contributed by atoms with Crippen LogP contribution in [0.2, 0.25) is 0 Å². The van der Waals surface area contributed by atoms with Crippen LogP contribution in [-0.2, 0) is 0 Å². The molecule has 1 atom stereocenters. The third-order valence-electron chi connectivity index (χ3n) is 4.07. The van der Waals surface area contributed by atoms with Gasteiger partial charge < -0.3 is 15.5 Å². The van der Waals surface area contributed by atoms with E-state index in [0.717, 1.165) is 35.4 Å². The van der Waals surface area contributed by atoms with E-state index < -0.39 is 0 Å². The maximum atomic E-state index is 6.40. The number of likely N-dealkylation sites (N-methyl/N-ethyl adjacent to an activating group) is 1.